The summed E-state index contributed by atoms with van der Waals surface area (Å²) in [5.41, 5.74) is 0.0961. The number of rotatable bonds is 9. The molecule has 0 bridgehead atoms. The number of hydrogen-bond acceptors (Lipinski definition) is 4. The van der Waals surface area contributed by atoms with Crippen LogP contribution in [0.4, 0.5) is 0 Å². The van der Waals surface area contributed by atoms with Gasteiger partial charge in [-0.1, -0.05) is 32.0 Å². The summed E-state index contributed by atoms with van der Waals surface area (Å²) in [6, 6.07) is 9.45. The van der Waals surface area contributed by atoms with Gasteiger partial charge in [0.15, 0.2) is 11.4 Å². The summed E-state index contributed by atoms with van der Waals surface area (Å²) in [4.78, 5) is 23.8. The Hall–Kier alpha value is -2.83. The van der Waals surface area contributed by atoms with Gasteiger partial charge in [0.25, 0.3) is 5.91 Å². The topological polar surface area (TPSA) is 93.5 Å². The smallest absolute Gasteiger partial charge is 0.309 e. The first-order chi connectivity index (χ1) is 12.7. The Morgan fingerprint density at radius 2 is 1.93 bits per heavy atom. The van der Waals surface area contributed by atoms with E-state index < -0.39 is 11.4 Å². The van der Waals surface area contributed by atoms with Crippen molar-refractivity contribution in [1.29, 1.82) is 0 Å². The summed E-state index contributed by atoms with van der Waals surface area (Å²) in [6.45, 7) is 8.00. The number of hydrogen-bond donors (Lipinski definition) is 2. The molecule has 1 heterocycles. The van der Waals surface area contributed by atoms with Crippen LogP contribution in [-0.4, -0.2) is 39.9 Å². The molecule has 0 unspecified atom stereocenters. The maximum atomic E-state index is 12.6. The van der Waals surface area contributed by atoms with Crippen LogP contribution in [-0.2, 0) is 4.79 Å². The van der Waals surface area contributed by atoms with E-state index in [2.05, 4.69) is 10.4 Å². The number of carboxylic acids is 1. The highest BCUT2D eigenvalue weighted by Gasteiger charge is 2.27. The van der Waals surface area contributed by atoms with Gasteiger partial charge in [-0.25, -0.2) is 4.68 Å². The van der Waals surface area contributed by atoms with Gasteiger partial charge in [0.2, 0.25) is 0 Å². The number of nitrogens with zero attached hydrogens (tertiary/aromatic N) is 2. The van der Waals surface area contributed by atoms with Crippen molar-refractivity contribution in [3.05, 3.63) is 42.2 Å². The van der Waals surface area contributed by atoms with Gasteiger partial charge in [-0.15, -0.1) is 0 Å². The van der Waals surface area contributed by atoms with Crippen LogP contribution in [0, 0.1) is 11.3 Å². The van der Waals surface area contributed by atoms with Gasteiger partial charge in [-0.3, -0.25) is 9.59 Å². The molecular formula is C20H27N3O4. The van der Waals surface area contributed by atoms with E-state index in [1.54, 1.807) is 24.7 Å². The molecule has 2 aromatic rings. The fourth-order valence-electron chi connectivity index (χ4n) is 2.27. The van der Waals surface area contributed by atoms with Crippen molar-refractivity contribution in [3.63, 3.8) is 0 Å². The summed E-state index contributed by atoms with van der Waals surface area (Å²) in [5, 5.41) is 16.3. The number of benzene rings is 1. The molecule has 0 saturated carbocycles. The predicted molar refractivity (Wildman–Crippen MR) is 102 cm³/mol. The summed E-state index contributed by atoms with van der Waals surface area (Å²) in [5.74, 6) is -0.574. The molecule has 1 amide bonds. The molecule has 0 saturated heterocycles. The molecule has 27 heavy (non-hydrogen) atoms. The molecule has 0 atom stereocenters. The molecule has 0 fully saturated rings. The normalized spacial score (nSPS) is 11.4. The Bertz CT molecular complexity index is 782. The van der Waals surface area contributed by atoms with Gasteiger partial charge in [-0.2, -0.15) is 5.10 Å². The number of aliphatic carboxylic acids is 1. The highest BCUT2D eigenvalue weighted by molar-refractivity contribution is 5.95. The molecule has 1 aromatic heterocycles. The second-order valence-corrected chi connectivity index (χ2v) is 7.52. The summed E-state index contributed by atoms with van der Waals surface area (Å²) >= 11 is 0. The van der Waals surface area contributed by atoms with Crippen LogP contribution < -0.4 is 10.1 Å². The zero-order valence-electron chi connectivity index (χ0n) is 16.2. The van der Waals surface area contributed by atoms with Crippen LogP contribution in [0.3, 0.4) is 0 Å². The van der Waals surface area contributed by atoms with Crippen LogP contribution >= 0.6 is 0 Å². The number of amides is 1. The third-order valence-electron chi connectivity index (χ3n) is 4.10. The molecule has 0 spiro atoms. The summed E-state index contributed by atoms with van der Waals surface area (Å²) in [6.07, 6.45) is 2.00. The van der Waals surface area contributed by atoms with Crippen molar-refractivity contribution in [3.8, 4) is 11.4 Å². The van der Waals surface area contributed by atoms with Crippen molar-refractivity contribution in [2.75, 3.05) is 13.2 Å². The molecule has 0 aliphatic carbocycles. The van der Waals surface area contributed by atoms with E-state index in [0.717, 1.165) is 5.69 Å². The van der Waals surface area contributed by atoms with Crippen molar-refractivity contribution in [1.82, 2.24) is 15.1 Å². The van der Waals surface area contributed by atoms with Gasteiger partial charge >= 0.3 is 5.97 Å². The lowest BCUT2D eigenvalue weighted by Gasteiger charge is -2.18. The molecule has 7 nitrogen and oxygen atoms in total. The quantitative estimate of drug-likeness (QED) is 0.704. The van der Waals surface area contributed by atoms with Crippen LogP contribution in [0.15, 0.2) is 36.5 Å². The minimum absolute atomic E-state index is 0.188. The second kappa shape index (κ2) is 8.70. The number of carbonyl (C=O) groups excluding carboxylic acids is 1. The second-order valence-electron chi connectivity index (χ2n) is 7.52. The lowest BCUT2D eigenvalue weighted by molar-refractivity contribution is -0.147. The van der Waals surface area contributed by atoms with Gasteiger partial charge < -0.3 is 15.2 Å². The Morgan fingerprint density at radius 1 is 1.26 bits per heavy atom. The van der Waals surface area contributed by atoms with E-state index in [0.29, 0.717) is 24.7 Å². The average molecular weight is 373 g/mol. The van der Waals surface area contributed by atoms with Gasteiger partial charge in [-0.05, 0) is 38.3 Å². The van der Waals surface area contributed by atoms with Crippen LogP contribution in [0.2, 0.25) is 0 Å². The number of carboxylic acid groups (broad SMARTS) is 1. The third kappa shape index (κ3) is 5.57. The van der Waals surface area contributed by atoms with Gasteiger partial charge in [0, 0.05) is 6.54 Å². The zero-order valence-corrected chi connectivity index (χ0v) is 16.2. The Balaban J connectivity index is 2.16. The van der Waals surface area contributed by atoms with Crippen LogP contribution in [0.5, 0.6) is 5.75 Å². The maximum absolute atomic E-state index is 12.6. The molecule has 2 N–H and O–H groups in total. The molecule has 2 rings (SSSR count). The maximum Gasteiger partial charge on any atom is 0.309 e. The minimum atomic E-state index is -0.909. The van der Waals surface area contributed by atoms with Crippen molar-refractivity contribution in [2.45, 2.75) is 34.1 Å². The fourth-order valence-corrected chi connectivity index (χ4v) is 2.27. The van der Waals surface area contributed by atoms with E-state index in [4.69, 9.17) is 4.74 Å². The fraction of sp³-hybridized carbons (Fsp3) is 0.450. The Morgan fingerprint density at radius 3 is 2.52 bits per heavy atom. The van der Waals surface area contributed by atoms with E-state index >= 15 is 0 Å². The average Bonchev–Trinajstić information content (AvgIpc) is 3.04. The van der Waals surface area contributed by atoms with Gasteiger partial charge in [0.1, 0.15) is 0 Å². The SMILES string of the molecule is CC(C)COc1cn(-c2ccccc2)nc1C(=O)NCCC(C)(C)C(=O)O. The summed E-state index contributed by atoms with van der Waals surface area (Å²) < 4.78 is 7.37. The third-order valence-corrected chi connectivity index (χ3v) is 4.10. The molecule has 146 valence electrons. The van der Waals surface area contributed by atoms with E-state index in [1.165, 1.54) is 0 Å². The number of carbonyl (C=O) groups is 2. The molecule has 0 aliphatic heterocycles. The summed E-state index contributed by atoms with van der Waals surface area (Å²) in [7, 11) is 0. The lowest BCUT2D eigenvalue weighted by Crippen LogP contribution is -2.32. The van der Waals surface area contributed by atoms with E-state index in [1.807, 2.05) is 44.2 Å². The number of para-hydroxylation sites is 1. The lowest BCUT2D eigenvalue weighted by atomic mass is 9.90. The van der Waals surface area contributed by atoms with Crippen molar-refractivity contribution < 1.29 is 19.4 Å². The first-order valence-electron chi connectivity index (χ1n) is 9.00. The first kappa shape index (κ1) is 20.5. The van der Waals surface area contributed by atoms with Crippen LogP contribution in [0.25, 0.3) is 5.69 Å². The first-order valence-corrected chi connectivity index (χ1v) is 9.00. The number of nitrogens with one attached hydrogen (secondary N) is 1. The minimum Gasteiger partial charge on any atom is -0.489 e. The largest absolute Gasteiger partial charge is 0.489 e. The monoisotopic (exact) mass is 373 g/mol. The van der Waals surface area contributed by atoms with Crippen molar-refractivity contribution in [2.24, 2.45) is 11.3 Å². The molecular weight excluding hydrogens is 346 g/mol. The molecule has 0 aliphatic rings. The molecule has 1 aromatic carbocycles. The Labute approximate surface area is 159 Å². The molecule has 0 radical (unpaired) electrons. The standard InChI is InChI=1S/C20H27N3O4/c1-14(2)13-27-16-12-23(15-8-6-5-7-9-15)22-17(16)18(24)21-11-10-20(3,4)19(25)26/h5-9,12,14H,10-11,13H2,1-4H3,(H,21,24)(H,25,26). The van der Waals surface area contributed by atoms with Crippen molar-refractivity contribution >= 4 is 11.9 Å². The Kier molecular flexibility index (Phi) is 6.60. The molecule has 7 heteroatoms. The van der Waals surface area contributed by atoms with Gasteiger partial charge in [0.05, 0.1) is 23.9 Å². The van der Waals surface area contributed by atoms with E-state index in [-0.39, 0.29) is 18.1 Å². The van der Waals surface area contributed by atoms with Crippen LogP contribution in [0.1, 0.15) is 44.6 Å². The number of ether oxygens (including phenoxy) is 1. The van der Waals surface area contributed by atoms with E-state index in [9.17, 15) is 14.7 Å². The predicted octanol–water partition coefficient (Wildman–Crippen LogP) is 3.14. The zero-order chi connectivity index (χ0) is 20.0. The highest BCUT2D eigenvalue weighted by Crippen LogP contribution is 2.22. The highest BCUT2D eigenvalue weighted by atomic mass is 16.5. The number of aromatic nitrogens is 2.